The summed E-state index contributed by atoms with van der Waals surface area (Å²) in [5, 5.41) is 6.13. The first kappa shape index (κ1) is 18.5. The second kappa shape index (κ2) is 8.87. The van der Waals surface area contributed by atoms with Crippen molar-refractivity contribution in [3.8, 4) is 0 Å². The molecule has 6 nitrogen and oxygen atoms in total. The van der Waals surface area contributed by atoms with Crippen molar-refractivity contribution in [2.45, 2.75) is 76.8 Å². The molecule has 0 unspecified atom stereocenters. The fourth-order valence-corrected chi connectivity index (χ4v) is 4.61. The predicted octanol–water partition coefficient (Wildman–Crippen LogP) is 2.21. The van der Waals surface area contributed by atoms with Gasteiger partial charge in [-0.2, -0.15) is 0 Å². The maximum absolute atomic E-state index is 12.2. The summed E-state index contributed by atoms with van der Waals surface area (Å²) in [5.74, 6) is 0.146. The molecule has 0 atom stereocenters. The highest BCUT2D eigenvalue weighted by Crippen LogP contribution is 2.17. The van der Waals surface area contributed by atoms with E-state index < -0.39 is 10.0 Å². The van der Waals surface area contributed by atoms with Crippen molar-refractivity contribution in [1.82, 2.24) is 14.9 Å². The van der Waals surface area contributed by atoms with Gasteiger partial charge in [0.1, 0.15) is 0 Å². The monoisotopic (exact) mass is 345 g/mol. The Morgan fingerprint density at radius 3 is 1.91 bits per heavy atom. The van der Waals surface area contributed by atoms with Gasteiger partial charge in [-0.1, -0.05) is 32.1 Å². The Balaban J connectivity index is 1.72. The number of urea groups is 1. The van der Waals surface area contributed by atoms with Gasteiger partial charge >= 0.3 is 6.03 Å². The second-order valence-electron chi connectivity index (χ2n) is 6.73. The van der Waals surface area contributed by atoms with Gasteiger partial charge in [0.05, 0.1) is 5.75 Å². The molecule has 1 saturated heterocycles. The largest absolute Gasteiger partial charge is 0.335 e. The minimum atomic E-state index is -3.10. The molecule has 1 heterocycles. The molecule has 2 rings (SSSR count). The zero-order valence-electron chi connectivity index (χ0n) is 14.2. The lowest BCUT2D eigenvalue weighted by Gasteiger charge is -2.32. The molecule has 0 aromatic heterocycles. The van der Waals surface area contributed by atoms with Crippen molar-refractivity contribution >= 4 is 16.1 Å². The van der Waals surface area contributed by atoms with Crippen molar-refractivity contribution in [2.24, 2.45) is 0 Å². The zero-order valence-corrected chi connectivity index (χ0v) is 15.0. The first-order valence-corrected chi connectivity index (χ1v) is 10.7. The summed E-state index contributed by atoms with van der Waals surface area (Å²) in [6, 6.07) is 0.273. The maximum atomic E-state index is 12.2. The standard InChI is InChI=1S/C16H31N3O3S/c1-2-23(21,22)19-12-10-15(11-13-19)18-16(20)17-14-8-6-4-3-5-7-9-14/h14-15H,2-13H2,1H3,(H2,17,18,20). The van der Waals surface area contributed by atoms with Crippen LogP contribution in [0.5, 0.6) is 0 Å². The molecule has 2 fully saturated rings. The number of hydrogen-bond donors (Lipinski definition) is 2. The van der Waals surface area contributed by atoms with Crippen LogP contribution in [0.3, 0.4) is 0 Å². The topological polar surface area (TPSA) is 78.5 Å². The van der Waals surface area contributed by atoms with Crippen LogP contribution in [-0.2, 0) is 10.0 Å². The second-order valence-corrected chi connectivity index (χ2v) is 8.99. The summed E-state index contributed by atoms with van der Waals surface area (Å²) in [6.45, 7) is 2.68. The Kier molecular flexibility index (Phi) is 7.14. The number of rotatable bonds is 4. The van der Waals surface area contributed by atoms with Crippen molar-refractivity contribution < 1.29 is 13.2 Å². The zero-order chi connectivity index (χ0) is 16.7. The van der Waals surface area contributed by atoms with E-state index in [9.17, 15) is 13.2 Å². The highest BCUT2D eigenvalue weighted by molar-refractivity contribution is 7.89. The number of amides is 2. The van der Waals surface area contributed by atoms with E-state index in [2.05, 4.69) is 10.6 Å². The van der Waals surface area contributed by atoms with Crippen molar-refractivity contribution in [3.05, 3.63) is 0 Å². The SMILES string of the molecule is CCS(=O)(=O)N1CCC(NC(=O)NC2CCCCCCC2)CC1. The van der Waals surface area contributed by atoms with E-state index in [4.69, 9.17) is 0 Å². The highest BCUT2D eigenvalue weighted by Gasteiger charge is 2.27. The van der Waals surface area contributed by atoms with Crippen LogP contribution < -0.4 is 10.6 Å². The summed E-state index contributed by atoms with van der Waals surface area (Å²) < 4.78 is 25.2. The Bertz CT molecular complexity index is 465. The van der Waals surface area contributed by atoms with Gasteiger partial charge < -0.3 is 10.6 Å². The van der Waals surface area contributed by atoms with Crippen LogP contribution in [0.4, 0.5) is 4.79 Å². The van der Waals surface area contributed by atoms with Crippen LogP contribution in [0.25, 0.3) is 0 Å². The van der Waals surface area contributed by atoms with E-state index in [-0.39, 0.29) is 23.9 Å². The fourth-order valence-electron chi connectivity index (χ4n) is 3.47. The number of sulfonamides is 1. The van der Waals surface area contributed by atoms with Crippen LogP contribution in [0.2, 0.25) is 0 Å². The summed E-state index contributed by atoms with van der Waals surface area (Å²) in [7, 11) is -3.10. The molecule has 2 N–H and O–H groups in total. The van der Waals surface area contributed by atoms with E-state index in [0.717, 1.165) is 12.8 Å². The van der Waals surface area contributed by atoms with E-state index in [1.54, 1.807) is 6.92 Å². The Morgan fingerprint density at radius 2 is 1.39 bits per heavy atom. The van der Waals surface area contributed by atoms with Crippen LogP contribution >= 0.6 is 0 Å². The molecule has 1 aliphatic heterocycles. The fraction of sp³-hybridized carbons (Fsp3) is 0.938. The molecule has 7 heteroatoms. The molecular weight excluding hydrogens is 314 g/mol. The van der Waals surface area contributed by atoms with Gasteiger partial charge in [0.2, 0.25) is 10.0 Å². The van der Waals surface area contributed by atoms with Crippen LogP contribution in [0.1, 0.15) is 64.7 Å². The van der Waals surface area contributed by atoms with E-state index >= 15 is 0 Å². The van der Waals surface area contributed by atoms with Gasteiger partial charge in [-0.3, -0.25) is 0 Å². The number of hydrogen-bond acceptors (Lipinski definition) is 3. The van der Waals surface area contributed by atoms with E-state index in [1.807, 2.05) is 0 Å². The minimum absolute atomic E-state index is 0.0758. The van der Waals surface area contributed by atoms with Crippen molar-refractivity contribution in [2.75, 3.05) is 18.8 Å². The number of nitrogens with zero attached hydrogens (tertiary/aromatic N) is 1. The van der Waals surface area contributed by atoms with Crippen molar-refractivity contribution in [1.29, 1.82) is 0 Å². The van der Waals surface area contributed by atoms with E-state index in [1.165, 1.54) is 36.4 Å². The lowest BCUT2D eigenvalue weighted by Crippen LogP contribution is -2.51. The van der Waals surface area contributed by atoms with Gasteiger partial charge in [0.25, 0.3) is 0 Å². The first-order valence-electron chi connectivity index (χ1n) is 9.06. The average Bonchev–Trinajstić information content (AvgIpc) is 2.50. The molecule has 0 aromatic carbocycles. The molecule has 0 radical (unpaired) electrons. The number of carbonyl (C=O) groups is 1. The van der Waals surface area contributed by atoms with Crippen molar-refractivity contribution in [3.63, 3.8) is 0 Å². The number of nitrogens with one attached hydrogen (secondary N) is 2. The quantitative estimate of drug-likeness (QED) is 0.820. The molecule has 2 aliphatic rings. The summed E-state index contributed by atoms with van der Waals surface area (Å²) in [5.41, 5.74) is 0. The number of carbonyl (C=O) groups excluding carboxylic acids is 1. The summed E-state index contributed by atoms with van der Waals surface area (Å²) >= 11 is 0. The van der Waals surface area contributed by atoms with Crippen LogP contribution in [-0.4, -0.2) is 49.7 Å². The molecule has 134 valence electrons. The lowest BCUT2D eigenvalue weighted by atomic mass is 9.97. The third-order valence-electron chi connectivity index (χ3n) is 4.99. The molecule has 0 aromatic rings. The predicted molar refractivity (Wildman–Crippen MR) is 91.8 cm³/mol. The first-order chi connectivity index (χ1) is 11.0. The van der Waals surface area contributed by atoms with Gasteiger partial charge in [-0.05, 0) is 32.6 Å². The third-order valence-corrected chi connectivity index (χ3v) is 6.87. The minimum Gasteiger partial charge on any atom is -0.335 e. The molecule has 0 bridgehead atoms. The smallest absolute Gasteiger partial charge is 0.315 e. The summed E-state index contributed by atoms with van der Waals surface area (Å²) in [4.78, 5) is 12.2. The van der Waals surface area contributed by atoms with Crippen LogP contribution in [0, 0.1) is 0 Å². The Labute approximate surface area is 140 Å². The summed E-state index contributed by atoms with van der Waals surface area (Å²) in [6.07, 6.45) is 9.76. The van der Waals surface area contributed by atoms with Crippen LogP contribution in [0.15, 0.2) is 0 Å². The maximum Gasteiger partial charge on any atom is 0.315 e. The number of piperidine rings is 1. The molecule has 0 spiro atoms. The highest BCUT2D eigenvalue weighted by atomic mass is 32.2. The van der Waals surface area contributed by atoms with Gasteiger partial charge in [-0.25, -0.2) is 17.5 Å². The third kappa shape index (κ3) is 5.95. The Morgan fingerprint density at radius 1 is 0.913 bits per heavy atom. The van der Waals surface area contributed by atoms with E-state index in [0.29, 0.717) is 25.9 Å². The lowest BCUT2D eigenvalue weighted by molar-refractivity contribution is 0.221. The van der Waals surface area contributed by atoms with Gasteiger partial charge in [0.15, 0.2) is 0 Å². The molecular formula is C16H31N3O3S. The molecule has 1 saturated carbocycles. The average molecular weight is 346 g/mol. The van der Waals surface area contributed by atoms with Gasteiger partial charge in [0, 0.05) is 25.2 Å². The Hall–Kier alpha value is -0.820. The van der Waals surface area contributed by atoms with Gasteiger partial charge in [-0.15, -0.1) is 0 Å². The molecule has 1 aliphatic carbocycles. The normalized spacial score (nSPS) is 23.0. The molecule has 2 amide bonds. The molecule has 23 heavy (non-hydrogen) atoms.